The summed E-state index contributed by atoms with van der Waals surface area (Å²) in [6.07, 6.45) is 0. The average Bonchev–Trinajstić information content (AvgIpc) is 1.81. The summed E-state index contributed by atoms with van der Waals surface area (Å²) in [4.78, 5) is 8.10. The van der Waals surface area contributed by atoms with E-state index in [1.54, 1.807) is 11.8 Å². The molecule has 2 N–H and O–H groups in total. The summed E-state index contributed by atoms with van der Waals surface area (Å²) < 4.78 is 0. The molecule has 0 saturated heterocycles. The molecule has 0 aliphatic rings. The molecule has 1 rings (SSSR count). The summed E-state index contributed by atoms with van der Waals surface area (Å²) in [5, 5.41) is 1.48. The molecule has 0 saturated carbocycles. The lowest BCUT2D eigenvalue weighted by molar-refractivity contribution is 1.01. The molecule has 4 heteroatoms. The maximum atomic E-state index is 5.50. The van der Waals surface area contributed by atoms with E-state index in [-0.39, 0.29) is 0 Å². The quantitative estimate of drug-likeness (QED) is 0.561. The van der Waals surface area contributed by atoms with Crippen LogP contribution in [-0.2, 0) is 0 Å². The largest absolute Gasteiger partial charge is 0.368 e. The smallest absolute Gasteiger partial charge is 0.221 e. The second-order valence-electron chi connectivity index (χ2n) is 2.87. The van der Waals surface area contributed by atoms with E-state index in [4.69, 9.17) is 5.73 Å². The lowest BCUT2D eigenvalue weighted by Gasteiger charge is -2.04. The van der Waals surface area contributed by atoms with Gasteiger partial charge >= 0.3 is 0 Å². The van der Waals surface area contributed by atoms with Crippen LogP contribution in [0.1, 0.15) is 19.5 Å². The van der Waals surface area contributed by atoms with Crippen LogP contribution in [0, 0.1) is 6.92 Å². The number of thioether (sulfide) groups is 1. The van der Waals surface area contributed by atoms with Crippen molar-refractivity contribution in [2.45, 2.75) is 31.0 Å². The van der Waals surface area contributed by atoms with Crippen LogP contribution in [-0.4, -0.2) is 15.2 Å². The molecule has 0 spiro atoms. The number of anilines is 1. The van der Waals surface area contributed by atoms with Gasteiger partial charge in [-0.1, -0.05) is 13.8 Å². The van der Waals surface area contributed by atoms with Gasteiger partial charge in [0.25, 0.3) is 0 Å². The Morgan fingerprint density at radius 2 is 2.08 bits per heavy atom. The lowest BCUT2D eigenvalue weighted by Crippen LogP contribution is -1.98. The topological polar surface area (TPSA) is 51.8 Å². The Labute approximate surface area is 76.8 Å². The third kappa shape index (κ3) is 2.70. The van der Waals surface area contributed by atoms with Crippen molar-refractivity contribution in [3.8, 4) is 0 Å². The number of nitrogens with two attached hydrogens (primary N) is 1. The van der Waals surface area contributed by atoms with Crippen molar-refractivity contribution in [3.63, 3.8) is 0 Å². The molecule has 0 atom stereocenters. The van der Waals surface area contributed by atoms with Crippen LogP contribution in [0.4, 0.5) is 5.95 Å². The van der Waals surface area contributed by atoms with Gasteiger partial charge < -0.3 is 5.73 Å². The van der Waals surface area contributed by atoms with Gasteiger partial charge in [-0.05, 0) is 13.0 Å². The molecule has 0 unspecified atom stereocenters. The standard InChI is InChI=1S/C8H13N3S/c1-5(2)12-7-4-6(3)10-8(9)11-7/h4-5H,1-3H3,(H2,9,10,11). The molecular weight excluding hydrogens is 170 g/mol. The van der Waals surface area contributed by atoms with Gasteiger partial charge in [-0.2, -0.15) is 0 Å². The number of rotatable bonds is 2. The minimum absolute atomic E-state index is 0.359. The zero-order chi connectivity index (χ0) is 9.14. The fourth-order valence-electron chi connectivity index (χ4n) is 0.864. The highest BCUT2D eigenvalue weighted by Crippen LogP contribution is 2.21. The predicted octanol–water partition coefficient (Wildman–Crippen LogP) is 1.87. The first-order valence-corrected chi connectivity index (χ1v) is 4.73. The van der Waals surface area contributed by atoms with Crippen LogP contribution in [0.3, 0.4) is 0 Å². The van der Waals surface area contributed by atoms with Crippen molar-refractivity contribution in [2.24, 2.45) is 0 Å². The highest BCUT2D eigenvalue weighted by Gasteiger charge is 2.01. The van der Waals surface area contributed by atoms with Crippen molar-refractivity contribution in [3.05, 3.63) is 11.8 Å². The van der Waals surface area contributed by atoms with Crippen LogP contribution < -0.4 is 5.73 Å². The molecule has 1 aromatic heterocycles. The summed E-state index contributed by atoms with van der Waals surface area (Å²) in [6, 6.07) is 1.95. The summed E-state index contributed by atoms with van der Waals surface area (Å²) in [6.45, 7) is 6.17. The number of aromatic nitrogens is 2. The third-order valence-corrected chi connectivity index (χ3v) is 2.13. The number of aryl methyl sites for hydroxylation is 1. The molecule has 66 valence electrons. The van der Waals surface area contributed by atoms with E-state index in [2.05, 4.69) is 23.8 Å². The van der Waals surface area contributed by atoms with Crippen molar-refractivity contribution < 1.29 is 0 Å². The molecule has 0 radical (unpaired) electrons. The van der Waals surface area contributed by atoms with Crippen molar-refractivity contribution in [2.75, 3.05) is 5.73 Å². The fourth-order valence-corrected chi connectivity index (χ4v) is 1.73. The van der Waals surface area contributed by atoms with E-state index < -0.39 is 0 Å². The van der Waals surface area contributed by atoms with Crippen molar-refractivity contribution in [1.82, 2.24) is 9.97 Å². The number of nitrogen functional groups attached to an aromatic ring is 1. The third-order valence-electron chi connectivity index (χ3n) is 1.20. The van der Waals surface area contributed by atoms with E-state index in [1.807, 2.05) is 13.0 Å². The van der Waals surface area contributed by atoms with Crippen LogP contribution in [0.15, 0.2) is 11.1 Å². The molecule has 0 aromatic carbocycles. The van der Waals surface area contributed by atoms with Gasteiger partial charge in [-0.15, -0.1) is 11.8 Å². The Bertz CT molecular complexity index is 253. The fraction of sp³-hybridized carbons (Fsp3) is 0.500. The zero-order valence-electron chi connectivity index (χ0n) is 7.53. The molecule has 0 amide bonds. The first-order chi connectivity index (χ1) is 5.58. The zero-order valence-corrected chi connectivity index (χ0v) is 8.35. The summed E-state index contributed by atoms with van der Waals surface area (Å²) in [5.41, 5.74) is 6.42. The van der Waals surface area contributed by atoms with Gasteiger partial charge in [0, 0.05) is 10.9 Å². The number of hydrogen-bond acceptors (Lipinski definition) is 4. The number of hydrogen-bond donors (Lipinski definition) is 1. The van der Waals surface area contributed by atoms with Gasteiger partial charge in [-0.25, -0.2) is 9.97 Å². The van der Waals surface area contributed by atoms with Crippen LogP contribution >= 0.6 is 11.8 Å². The van der Waals surface area contributed by atoms with Gasteiger partial charge in [-0.3, -0.25) is 0 Å². The highest BCUT2D eigenvalue weighted by atomic mass is 32.2. The van der Waals surface area contributed by atoms with E-state index in [0.29, 0.717) is 11.2 Å². The van der Waals surface area contributed by atoms with Crippen LogP contribution in [0.25, 0.3) is 0 Å². The minimum atomic E-state index is 0.359. The first-order valence-electron chi connectivity index (χ1n) is 3.85. The second kappa shape index (κ2) is 3.76. The first kappa shape index (κ1) is 9.32. The van der Waals surface area contributed by atoms with Crippen LogP contribution in [0.5, 0.6) is 0 Å². The molecule has 0 aliphatic heterocycles. The van der Waals surface area contributed by atoms with E-state index in [0.717, 1.165) is 10.7 Å². The molecule has 3 nitrogen and oxygen atoms in total. The molecule has 0 aliphatic carbocycles. The minimum Gasteiger partial charge on any atom is -0.368 e. The molecular formula is C8H13N3S. The normalized spacial score (nSPS) is 10.7. The molecule has 0 bridgehead atoms. The lowest BCUT2D eigenvalue weighted by atomic mass is 10.5. The maximum Gasteiger partial charge on any atom is 0.221 e. The Morgan fingerprint density at radius 3 is 2.58 bits per heavy atom. The Kier molecular flexibility index (Phi) is 2.92. The molecule has 1 aromatic rings. The van der Waals surface area contributed by atoms with E-state index in [1.165, 1.54) is 0 Å². The Balaban J connectivity index is 2.85. The molecule has 0 fully saturated rings. The Hall–Kier alpha value is -0.770. The van der Waals surface area contributed by atoms with E-state index >= 15 is 0 Å². The average molecular weight is 183 g/mol. The van der Waals surface area contributed by atoms with Crippen molar-refractivity contribution >= 4 is 17.7 Å². The SMILES string of the molecule is Cc1cc(SC(C)C)nc(N)n1. The van der Waals surface area contributed by atoms with Crippen LogP contribution in [0.2, 0.25) is 0 Å². The van der Waals surface area contributed by atoms with Gasteiger partial charge in [0.2, 0.25) is 5.95 Å². The molecule has 1 heterocycles. The summed E-state index contributed by atoms with van der Waals surface area (Å²) in [5.74, 6) is 0.359. The highest BCUT2D eigenvalue weighted by molar-refractivity contribution is 7.99. The van der Waals surface area contributed by atoms with Gasteiger partial charge in [0.1, 0.15) is 5.03 Å². The Morgan fingerprint density at radius 1 is 1.42 bits per heavy atom. The summed E-state index contributed by atoms with van der Waals surface area (Å²) >= 11 is 1.70. The maximum absolute atomic E-state index is 5.50. The number of nitrogens with zero attached hydrogens (tertiary/aromatic N) is 2. The molecule has 12 heavy (non-hydrogen) atoms. The van der Waals surface area contributed by atoms with Crippen molar-refractivity contribution in [1.29, 1.82) is 0 Å². The summed E-state index contributed by atoms with van der Waals surface area (Å²) in [7, 11) is 0. The monoisotopic (exact) mass is 183 g/mol. The predicted molar refractivity (Wildman–Crippen MR) is 52.2 cm³/mol. The van der Waals surface area contributed by atoms with E-state index in [9.17, 15) is 0 Å². The van der Waals surface area contributed by atoms with Gasteiger partial charge in [0.05, 0.1) is 0 Å². The second-order valence-corrected chi connectivity index (χ2v) is 4.47. The van der Waals surface area contributed by atoms with Gasteiger partial charge in [0.15, 0.2) is 0 Å².